The fourth-order valence-electron chi connectivity index (χ4n) is 5.02. The molecule has 2 atom stereocenters. The summed E-state index contributed by atoms with van der Waals surface area (Å²) in [4.78, 5) is 0. The van der Waals surface area contributed by atoms with Crippen molar-refractivity contribution in [3.8, 4) is 5.75 Å². The molecule has 0 spiro atoms. The summed E-state index contributed by atoms with van der Waals surface area (Å²) >= 11 is 0. The maximum absolute atomic E-state index is 6.38. The van der Waals surface area contributed by atoms with Crippen molar-refractivity contribution < 1.29 is 9.47 Å². The minimum Gasteiger partial charge on any atom is -0.493 e. The number of allylic oxidation sites excluding steroid dienone is 2. The molecule has 0 aliphatic heterocycles. The number of rotatable bonds is 20. The first-order valence-corrected chi connectivity index (χ1v) is 17.1. The van der Waals surface area contributed by atoms with Gasteiger partial charge in [-0.2, -0.15) is 0 Å². The molecule has 0 fully saturated rings. The Bertz CT molecular complexity index is 768. The summed E-state index contributed by atoms with van der Waals surface area (Å²) in [6.45, 7) is 31.6. The monoisotopic (exact) mass is 590 g/mol. The molecule has 3 heteroatoms. The van der Waals surface area contributed by atoms with Gasteiger partial charge in [-0.15, -0.1) is 13.2 Å². The van der Waals surface area contributed by atoms with Crippen LogP contribution in [0.4, 0.5) is 0 Å². The van der Waals surface area contributed by atoms with Crippen molar-refractivity contribution in [3.05, 3.63) is 53.1 Å². The average Bonchev–Trinajstić information content (AvgIpc) is 2.95. The van der Waals surface area contributed by atoms with Gasteiger partial charge in [-0.05, 0) is 99.9 Å². The molecule has 0 aliphatic carbocycles. The summed E-state index contributed by atoms with van der Waals surface area (Å²) in [5, 5.41) is 0. The van der Waals surface area contributed by atoms with Crippen molar-refractivity contribution in [1.82, 2.24) is 0 Å². The van der Waals surface area contributed by atoms with Gasteiger partial charge in [0.25, 0.3) is 0 Å². The first-order chi connectivity index (χ1) is 20.1. The Kier molecular flexibility index (Phi) is 33.0. The van der Waals surface area contributed by atoms with E-state index in [2.05, 4.69) is 73.4 Å². The second-order valence-corrected chi connectivity index (χ2v) is 12.2. The summed E-state index contributed by atoms with van der Waals surface area (Å²) in [6.07, 6.45) is 16.8. The topological polar surface area (TPSA) is 44.5 Å². The summed E-state index contributed by atoms with van der Waals surface area (Å²) in [5.41, 5.74) is 11.2. The lowest BCUT2D eigenvalue weighted by Crippen LogP contribution is -2.09. The van der Waals surface area contributed by atoms with E-state index in [0.717, 1.165) is 75.2 Å². The molecule has 2 unspecified atom stereocenters. The Morgan fingerprint density at radius 2 is 1.45 bits per heavy atom. The zero-order chi connectivity index (χ0) is 32.9. The van der Waals surface area contributed by atoms with Crippen LogP contribution < -0.4 is 10.5 Å². The van der Waals surface area contributed by atoms with Crippen LogP contribution in [0, 0.1) is 31.6 Å². The van der Waals surface area contributed by atoms with Crippen LogP contribution in [0.5, 0.6) is 5.75 Å². The van der Waals surface area contributed by atoms with Crippen molar-refractivity contribution in [2.24, 2.45) is 23.5 Å². The molecule has 0 saturated heterocycles. The third-order valence-electron chi connectivity index (χ3n) is 7.50. The Labute approximate surface area is 265 Å². The molecule has 1 rings (SSSR count). The van der Waals surface area contributed by atoms with E-state index < -0.39 is 0 Å². The van der Waals surface area contributed by atoms with E-state index in [1.54, 1.807) is 7.11 Å². The van der Waals surface area contributed by atoms with Gasteiger partial charge in [0, 0.05) is 13.7 Å². The molecule has 0 aromatic heterocycles. The number of nitrogens with two attached hydrogens (primary N) is 1. The highest BCUT2D eigenvalue weighted by Crippen LogP contribution is 2.32. The van der Waals surface area contributed by atoms with Gasteiger partial charge in [-0.3, -0.25) is 0 Å². The lowest BCUT2D eigenvalue weighted by Gasteiger charge is -2.20. The van der Waals surface area contributed by atoms with Crippen molar-refractivity contribution in [2.75, 3.05) is 27.4 Å². The van der Waals surface area contributed by atoms with Gasteiger partial charge in [0.2, 0.25) is 0 Å². The van der Waals surface area contributed by atoms with Crippen LogP contribution in [0.15, 0.2) is 30.9 Å². The molecule has 0 saturated carbocycles. The maximum Gasteiger partial charge on any atom is 0.125 e. The second kappa shape index (κ2) is 30.9. The Morgan fingerprint density at radius 3 is 1.93 bits per heavy atom. The molecule has 0 radical (unpaired) electrons. The van der Waals surface area contributed by atoms with E-state index in [1.807, 2.05) is 26.8 Å². The number of benzene rings is 1. The van der Waals surface area contributed by atoms with Crippen molar-refractivity contribution in [2.45, 2.75) is 146 Å². The van der Waals surface area contributed by atoms with Crippen LogP contribution in [0.3, 0.4) is 0 Å². The van der Waals surface area contributed by atoms with Crippen LogP contribution in [0.1, 0.15) is 142 Å². The van der Waals surface area contributed by atoms with E-state index in [4.69, 9.17) is 9.47 Å². The van der Waals surface area contributed by atoms with E-state index in [1.165, 1.54) is 73.4 Å². The smallest absolute Gasteiger partial charge is 0.125 e. The van der Waals surface area contributed by atoms with Gasteiger partial charge < -0.3 is 15.2 Å². The lowest BCUT2D eigenvalue weighted by molar-refractivity contribution is 0.195. The standard InChI is InChI=1S/C29H50O.C7H14O.C2H6.CH5N/c1-9-13-27-21-25(7)29(28(14-10-2)26(27)8)30-20-19-24(6)18-12-17-23(5)16-11-15-22(3)4;1-7(2)5-4-6-8-3;2*1-2/h9,21-24H,1,10-20H2,2-8H3;1,4-6H2,2-3H3;1-2H3;2H2,1H3. The largest absolute Gasteiger partial charge is 0.493 e. The molecule has 0 bridgehead atoms. The molecule has 1 aromatic carbocycles. The minimum atomic E-state index is 0.740. The second-order valence-electron chi connectivity index (χ2n) is 12.2. The quantitative estimate of drug-likeness (QED) is 0.121. The zero-order valence-electron chi connectivity index (χ0n) is 30.6. The summed E-state index contributed by atoms with van der Waals surface area (Å²) in [6, 6.07) is 2.30. The fraction of sp³-hybridized carbons (Fsp3) is 0.744. The molecule has 0 heterocycles. The number of hydrogen-bond acceptors (Lipinski definition) is 3. The van der Waals surface area contributed by atoms with Crippen molar-refractivity contribution in [3.63, 3.8) is 0 Å². The van der Waals surface area contributed by atoms with E-state index >= 15 is 0 Å². The fourth-order valence-corrected chi connectivity index (χ4v) is 5.02. The predicted molar refractivity (Wildman–Crippen MR) is 192 cm³/mol. The lowest BCUT2D eigenvalue weighted by atomic mass is 9.92. The normalized spacial score (nSPS) is 11.7. The highest BCUT2D eigenvalue weighted by Gasteiger charge is 2.14. The molecule has 0 amide bonds. The van der Waals surface area contributed by atoms with Crippen LogP contribution >= 0.6 is 0 Å². The molecule has 248 valence electrons. The highest BCUT2D eigenvalue weighted by molar-refractivity contribution is 5.50. The van der Waals surface area contributed by atoms with Crippen LogP contribution in [0.25, 0.3) is 0 Å². The molecule has 0 aliphatic rings. The molecule has 42 heavy (non-hydrogen) atoms. The summed E-state index contributed by atoms with van der Waals surface area (Å²) in [5.74, 6) is 3.61. The first kappa shape index (κ1) is 44.9. The average molecular weight is 590 g/mol. The van der Waals surface area contributed by atoms with Gasteiger partial charge in [0.1, 0.15) is 5.75 Å². The molecule has 1 aromatic rings. The number of aryl methyl sites for hydroxylation is 1. The molecule has 2 N–H and O–H groups in total. The number of ether oxygens (including phenoxy) is 2. The van der Waals surface area contributed by atoms with Gasteiger partial charge >= 0.3 is 0 Å². The predicted octanol–water partition coefficient (Wildman–Crippen LogP) is 11.6. The van der Waals surface area contributed by atoms with Gasteiger partial charge in [0.05, 0.1) is 6.61 Å². The van der Waals surface area contributed by atoms with Gasteiger partial charge in [-0.25, -0.2) is 0 Å². The van der Waals surface area contributed by atoms with Gasteiger partial charge in [-0.1, -0.05) is 111 Å². The Morgan fingerprint density at radius 1 is 0.905 bits per heavy atom. The summed E-state index contributed by atoms with van der Waals surface area (Å²) in [7, 11) is 3.22. The van der Waals surface area contributed by atoms with E-state index in [9.17, 15) is 0 Å². The highest BCUT2D eigenvalue weighted by atomic mass is 16.5. The van der Waals surface area contributed by atoms with Crippen LogP contribution in [-0.4, -0.2) is 27.4 Å². The van der Waals surface area contributed by atoms with E-state index in [0.29, 0.717) is 0 Å². The van der Waals surface area contributed by atoms with Crippen LogP contribution in [0.2, 0.25) is 0 Å². The third kappa shape index (κ3) is 23.9. The van der Waals surface area contributed by atoms with Crippen LogP contribution in [-0.2, 0) is 17.6 Å². The van der Waals surface area contributed by atoms with Crippen molar-refractivity contribution >= 4 is 0 Å². The molecular weight excluding hydrogens is 514 g/mol. The Hall–Kier alpha value is -1.58. The molecular formula is C39H75NO2. The first-order valence-electron chi connectivity index (χ1n) is 17.1. The Balaban J connectivity index is -0.00000107. The summed E-state index contributed by atoms with van der Waals surface area (Å²) < 4.78 is 11.2. The molecule has 3 nitrogen and oxygen atoms in total. The number of methoxy groups -OCH3 is 1. The van der Waals surface area contributed by atoms with E-state index in [-0.39, 0.29) is 0 Å². The third-order valence-corrected chi connectivity index (χ3v) is 7.50. The van der Waals surface area contributed by atoms with Crippen molar-refractivity contribution in [1.29, 1.82) is 0 Å². The maximum atomic E-state index is 6.38. The minimum absolute atomic E-state index is 0.740. The number of hydrogen-bond donors (Lipinski definition) is 1. The SMILES string of the molecule is C=C(C)CCCOC.C=CCc1cc(C)c(OCCC(C)CCCC(C)CCCC(C)C)c(CCC)c1C.CC.CN. The zero-order valence-corrected chi connectivity index (χ0v) is 30.6. The van der Waals surface area contributed by atoms with Gasteiger partial charge in [0.15, 0.2) is 0 Å².